The van der Waals surface area contributed by atoms with Crippen LogP contribution in [0.15, 0.2) is 42.5 Å². The Morgan fingerprint density at radius 3 is 2.39 bits per heavy atom. The Morgan fingerprint density at radius 1 is 1.03 bits per heavy atom. The molecule has 0 saturated heterocycles. The van der Waals surface area contributed by atoms with Crippen molar-refractivity contribution in [3.63, 3.8) is 0 Å². The second-order valence-electron chi connectivity index (χ2n) is 8.37. The summed E-state index contributed by atoms with van der Waals surface area (Å²) in [7, 11) is 1.35. The number of benzene rings is 2. The van der Waals surface area contributed by atoms with E-state index in [0.717, 1.165) is 50.5 Å². The lowest BCUT2D eigenvalue weighted by Crippen LogP contribution is -2.42. The maximum absolute atomic E-state index is 13.6. The number of aryl methyl sites for hydroxylation is 1. The van der Waals surface area contributed by atoms with E-state index in [9.17, 15) is 9.59 Å². The van der Waals surface area contributed by atoms with Gasteiger partial charge < -0.3 is 14.8 Å². The first-order chi connectivity index (χ1) is 15.0. The van der Waals surface area contributed by atoms with Gasteiger partial charge in [0.2, 0.25) is 5.91 Å². The number of hydrogen-bond donors (Lipinski definition) is 1. The van der Waals surface area contributed by atoms with Crippen LogP contribution in [-0.4, -0.2) is 25.6 Å². The van der Waals surface area contributed by atoms with Crippen molar-refractivity contribution in [2.75, 3.05) is 19.0 Å². The van der Waals surface area contributed by atoms with Crippen molar-refractivity contribution in [3.8, 4) is 5.75 Å². The highest BCUT2D eigenvalue weighted by atomic mass is 16.5. The Hall–Kier alpha value is -2.82. The predicted molar refractivity (Wildman–Crippen MR) is 123 cm³/mol. The van der Waals surface area contributed by atoms with Gasteiger partial charge in [-0.1, -0.05) is 62.4 Å². The minimum atomic E-state index is -0.548. The Labute approximate surface area is 185 Å². The number of hydrogen-bond acceptors (Lipinski definition) is 4. The Bertz CT molecular complexity index is 898. The SMILES string of the molecule is CCCCOc1ccc(NC(=O)C2(c3ccc(C)cc3)CCCCC2)cc1C(=O)OC. The third-order valence-electron chi connectivity index (χ3n) is 6.14. The molecule has 31 heavy (non-hydrogen) atoms. The van der Waals surface area contributed by atoms with Gasteiger partial charge in [0.25, 0.3) is 0 Å². The molecule has 0 bridgehead atoms. The molecule has 1 aliphatic carbocycles. The molecule has 2 aromatic rings. The summed E-state index contributed by atoms with van der Waals surface area (Å²) in [5.74, 6) is -0.0238. The summed E-state index contributed by atoms with van der Waals surface area (Å²) in [5, 5.41) is 3.08. The summed E-state index contributed by atoms with van der Waals surface area (Å²) in [6.45, 7) is 4.66. The highest BCUT2D eigenvalue weighted by Gasteiger charge is 2.41. The second kappa shape index (κ2) is 10.5. The summed E-state index contributed by atoms with van der Waals surface area (Å²) < 4.78 is 10.7. The number of unbranched alkanes of at least 4 members (excludes halogenated alkanes) is 1. The molecule has 1 fully saturated rings. The van der Waals surface area contributed by atoms with Crippen LogP contribution in [-0.2, 0) is 14.9 Å². The third-order valence-corrected chi connectivity index (χ3v) is 6.14. The van der Waals surface area contributed by atoms with E-state index in [-0.39, 0.29) is 5.91 Å². The zero-order valence-corrected chi connectivity index (χ0v) is 18.8. The van der Waals surface area contributed by atoms with Gasteiger partial charge in [-0.25, -0.2) is 4.79 Å². The first kappa shape index (κ1) is 22.9. The molecule has 5 heteroatoms. The van der Waals surface area contributed by atoms with Crippen molar-refractivity contribution in [3.05, 3.63) is 59.2 Å². The van der Waals surface area contributed by atoms with Crippen LogP contribution in [0.1, 0.15) is 73.4 Å². The Kier molecular flexibility index (Phi) is 7.72. The minimum absolute atomic E-state index is 0.0217. The molecule has 0 unspecified atom stereocenters. The molecule has 166 valence electrons. The fourth-order valence-corrected chi connectivity index (χ4v) is 4.26. The van der Waals surface area contributed by atoms with Crippen molar-refractivity contribution >= 4 is 17.6 Å². The van der Waals surface area contributed by atoms with Gasteiger partial charge in [-0.2, -0.15) is 0 Å². The van der Waals surface area contributed by atoms with Gasteiger partial charge in [-0.05, 0) is 49.9 Å². The number of ether oxygens (including phenoxy) is 2. The fraction of sp³-hybridized carbons (Fsp3) is 0.462. The normalized spacial score (nSPS) is 15.2. The topological polar surface area (TPSA) is 64.6 Å². The van der Waals surface area contributed by atoms with E-state index in [4.69, 9.17) is 9.47 Å². The number of carbonyl (C=O) groups is 2. The molecular weight excluding hydrogens is 390 g/mol. The molecule has 0 aliphatic heterocycles. The van der Waals surface area contributed by atoms with Crippen LogP contribution in [0.4, 0.5) is 5.69 Å². The van der Waals surface area contributed by atoms with Gasteiger partial charge in [0.15, 0.2) is 0 Å². The van der Waals surface area contributed by atoms with E-state index < -0.39 is 11.4 Å². The quantitative estimate of drug-likeness (QED) is 0.430. The van der Waals surface area contributed by atoms with E-state index in [1.807, 2.05) is 0 Å². The van der Waals surface area contributed by atoms with Gasteiger partial charge in [-0.3, -0.25) is 4.79 Å². The fourth-order valence-electron chi connectivity index (χ4n) is 4.26. The molecule has 1 N–H and O–H groups in total. The maximum Gasteiger partial charge on any atom is 0.341 e. The summed E-state index contributed by atoms with van der Waals surface area (Å²) in [6, 6.07) is 13.5. The van der Waals surface area contributed by atoms with E-state index in [2.05, 4.69) is 43.4 Å². The zero-order valence-electron chi connectivity index (χ0n) is 18.8. The molecular formula is C26H33NO4. The van der Waals surface area contributed by atoms with Crippen LogP contribution in [0, 0.1) is 6.92 Å². The lowest BCUT2D eigenvalue weighted by Gasteiger charge is -2.36. The molecule has 2 aromatic carbocycles. The van der Waals surface area contributed by atoms with Crippen molar-refractivity contribution in [1.82, 2.24) is 0 Å². The van der Waals surface area contributed by atoms with Crippen molar-refractivity contribution < 1.29 is 19.1 Å². The van der Waals surface area contributed by atoms with Gasteiger partial charge in [0, 0.05) is 5.69 Å². The second-order valence-corrected chi connectivity index (χ2v) is 8.37. The van der Waals surface area contributed by atoms with Crippen LogP contribution in [0.2, 0.25) is 0 Å². The highest BCUT2D eigenvalue weighted by Crippen LogP contribution is 2.41. The molecule has 0 atom stereocenters. The van der Waals surface area contributed by atoms with Gasteiger partial charge >= 0.3 is 5.97 Å². The number of methoxy groups -OCH3 is 1. The number of rotatable bonds is 8. The summed E-state index contributed by atoms with van der Waals surface area (Å²) in [6.07, 6.45) is 6.75. The molecule has 0 heterocycles. The van der Waals surface area contributed by atoms with E-state index in [1.165, 1.54) is 12.7 Å². The van der Waals surface area contributed by atoms with E-state index in [1.54, 1.807) is 18.2 Å². The molecule has 1 aliphatic rings. The van der Waals surface area contributed by atoms with Crippen molar-refractivity contribution in [2.45, 2.75) is 64.2 Å². The summed E-state index contributed by atoms with van der Waals surface area (Å²) in [4.78, 5) is 25.9. The highest BCUT2D eigenvalue weighted by molar-refractivity contribution is 6.01. The van der Waals surface area contributed by atoms with Crippen LogP contribution >= 0.6 is 0 Å². The first-order valence-electron chi connectivity index (χ1n) is 11.2. The van der Waals surface area contributed by atoms with Crippen LogP contribution in [0.5, 0.6) is 5.75 Å². The summed E-state index contributed by atoms with van der Waals surface area (Å²) in [5.41, 5.74) is 2.59. The molecule has 5 nitrogen and oxygen atoms in total. The molecule has 0 aromatic heterocycles. The van der Waals surface area contributed by atoms with E-state index >= 15 is 0 Å². The van der Waals surface area contributed by atoms with Crippen molar-refractivity contribution in [1.29, 1.82) is 0 Å². The number of esters is 1. The average molecular weight is 424 g/mol. The lowest BCUT2D eigenvalue weighted by molar-refractivity contribution is -0.122. The molecule has 0 spiro atoms. The first-order valence-corrected chi connectivity index (χ1v) is 11.2. The summed E-state index contributed by atoms with van der Waals surface area (Å²) >= 11 is 0. The van der Waals surface area contributed by atoms with Gasteiger partial charge in [-0.15, -0.1) is 0 Å². The zero-order chi connectivity index (χ0) is 22.3. The average Bonchev–Trinajstić information content (AvgIpc) is 2.80. The molecule has 3 rings (SSSR count). The van der Waals surface area contributed by atoms with Crippen LogP contribution in [0.3, 0.4) is 0 Å². The van der Waals surface area contributed by atoms with E-state index in [0.29, 0.717) is 23.6 Å². The number of anilines is 1. The lowest BCUT2D eigenvalue weighted by atomic mass is 9.68. The standard InChI is InChI=1S/C26H33NO4/c1-4-5-17-31-23-14-13-21(18-22(23)24(28)30-3)27-25(29)26(15-7-6-8-16-26)20-11-9-19(2)10-12-20/h9-14,18H,4-8,15-17H2,1-3H3,(H,27,29). The smallest absolute Gasteiger partial charge is 0.341 e. The number of nitrogens with one attached hydrogen (secondary N) is 1. The number of amides is 1. The Morgan fingerprint density at radius 2 is 1.74 bits per heavy atom. The number of carbonyl (C=O) groups excluding carboxylic acids is 2. The molecule has 1 amide bonds. The molecule has 1 saturated carbocycles. The molecule has 0 radical (unpaired) electrons. The predicted octanol–water partition coefficient (Wildman–Crippen LogP) is 5.80. The van der Waals surface area contributed by atoms with Gasteiger partial charge in [0.05, 0.1) is 19.1 Å². The minimum Gasteiger partial charge on any atom is -0.493 e. The van der Waals surface area contributed by atoms with Crippen LogP contribution in [0.25, 0.3) is 0 Å². The van der Waals surface area contributed by atoms with Crippen LogP contribution < -0.4 is 10.1 Å². The third kappa shape index (κ3) is 5.27. The van der Waals surface area contributed by atoms with Crippen molar-refractivity contribution in [2.24, 2.45) is 0 Å². The van der Waals surface area contributed by atoms with Gasteiger partial charge in [0.1, 0.15) is 11.3 Å². The maximum atomic E-state index is 13.6. The Balaban J connectivity index is 1.87. The monoisotopic (exact) mass is 423 g/mol. The largest absolute Gasteiger partial charge is 0.493 e.